The van der Waals surface area contributed by atoms with Crippen LogP contribution in [0.25, 0.3) is 22.0 Å². The van der Waals surface area contributed by atoms with Crippen LogP contribution in [0.15, 0.2) is 63.9 Å². The molecule has 26 heavy (non-hydrogen) atoms. The van der Waals surface area contributed by atoms with E-state index in [0.717, 1.165) is 11.9 Å². The number of fused-ring (bicyclic) bond motifs is 2. The molecule has 0 saturated heterocycles. The molecule has 0 atom stereocenters. The van der Waals surface area contributed by atoms with Gasteiger partial charge in [-0.15, -0.1) is 0 Å². The van der Waals surface area contributed by atoms with Crippen molar-refractivity contribution in [2.24, 2.45) is 0 Å². The van der Waals surface area contributed by atoms with Gasteiger partial charge in [0.1, 0.15) is 0 Å². The average Bonchev–Trinajstić information content (AvgIpc) is 3.20. The van der Waals surface area contributed by atoms with Crippen LogP contribution in [0, 0.1) is 0 Å². The van der Waals surface area contributed by atoms with Crippen molar-refractivity contribution in [3.8, 4) is 0 Å². The molecule has 0 fully saturated rings. The molecule has 2 heterocycles. The van der Waals surface area contributed by atoms with E-state index >= 15 is 0 Å². The van der Waals surface area contributed by atoms with Crippen LogP contribution in [-0.2, 0) is 17.8 Å². The van der Waals surface area contributed by atoms with Crippen LogP contribution in [0.5, 0.6) is 0 Å². The van der Waals surface area contributed by atoms with Crippen molar-refractivity contribution in [2.45, 2.75) is 19.4 Å². The third-order valence-electron chi connectivity index (χ3n) is 4.53. The number of nitrogens with zero attached hydrogens (tertiary/aromatic N) is 1. The lowest BCUT2D eigenvalue weighted by atomic mass is 10.1. The molecule has 2 N–H and O–H groups in total. The first kappa shape index (κ1) is 16.2. The molecule has 0 aliphatic rings. The van der Waals surface area contributed by atoms with E-state index in [4.69, 9.17) is 4.42 Å². The molecule has 6 nitrogen and oxygen atoms in total. The van der Waals surface area contributed by atoms with Gasteiger partial charge in [-0.05, 0) is 30.2 Å². The Balaban J connectivity index is 1.33. The van der Waals surface area contributed by atoms with Gasteiger partial charge in [0, 0.05) is 36.6 Å². The Labute approximate surface area is 149 Å². The van der Waals surface area contributed by atoms with E-state index in [0.29, 0.717) is 24.2 Å². The van der Waals surface area contributed by atoms with Gasteiger partial charge in [-0.3, -0.25) is 9.36 Å². The van der Waals surface area contributed by atoms with Gasteiger partial charge in [0.15, 0.2) is 5.58 Å². The Bertz CT molecular complexity index is 1120. The van der Waals surface area contributed by atoms with Crippen LogP contribution in [0.1, 0.15) is 12.0 Å². The molecule has 6 heteroatoms. The fourth-order valence-corrected chi connectivity index (χ4v) is 3.20. The lowest BCUT2D eigenvalue weighted by Gasteiger charge is -2.05. The van der Waals surface area contributed by atoms with E-state index < -0.39 is 5.76 Å². The minimum atomic E-state index is -0.433. The van der Waals surface area contributed by atoms with Crippen molar-refractivity contribution in [2.75, 3.05) is 6.54 Å². The van der Waals surface area contributed by atoms with Crippen LogP contribution in [-0.4, -0.2) is 22.0 Å². The summed E-state index contributed by atoms with van der Waals surface area (Å²) in [6, 6.07) is 15.3. The topological polar surface area (TPSA) is 80.0 Å². The second-order valence-corrected chi connectivity index (χ2v) is 6.20. The van der Waals surface area contributed by atoms with E-state index in [1.54, 1.807) is 6.07 Å². The van der Waals surface area contributed by atoms with Crippen LogP contribution in [0.4, 0.5) is 0 Å². The number of hydrogen-bond donors (Lipinski definition) is 2. The maximum atomic E-state index is 12.1. The summed E-state index contributed by atoms with van der Waals surface area (Å²) in [4.78, 5) is 27.3. The summed E-state index contributed by atoms with van der Waals surface area (Å²) in [5.41, 5.74) is 3.53. The number of hydrogen-bond acceptors (Lipinski definition) is 3. The van der Waals surface area contributed by atoms with Gasteiger partial charge in [-0.25, -0.2) is 4.79 Å². The van der Waals surface area contributed by atoms with Gasteiger partial charge in [0.05, 0.1) is 5.52 Å². The van der Waals surface area contributed by atoms with Gasteiger partial charge in [-0.1, -0.05) is 30.3 Å². The predicted molar refractivity (Wildman–Crippen MR) is 100 cm³/mol. The monoisotopic (exact) mass is 349 g/mol. The van der Waals surface area contributed by atoms with E-state index in [1.165, 1.54) is 15.5 Å². The molecule has 0 bridgehead atoms. The minimum Gasteiger partial charge on any atom is -0.408 e. The first-order valence-electron chi connectivity index (χ1n) is 8.62. The van der Waals surface area contributed by atoms with Gasteiger partial charge in [-0.2, -0.15) is 0 Å². The molecule has 2 aromatic heterocycles. The molecule has 0 spiro atoms. The number of H-pyrrole nitrogens is 1. The third-order valence-corrected chi connectivity index (χ3v) is 4.53. The van der Waals surface area contributed by atoms with Crippen LogP contribution in [0.3, 0.4) is 0 Å². The van der Waals surface area contributed by atoms with Crippen molar-refractivity contribution in [1.29, 1.82) is 0 Å². The normalized spacial score (nSPS) is 11.2. The number of carbonyl (C=O) groups is 1. The largest absolute Gasteiger partial charge is 0.419 e. The van der Waals surface area contributed by atoms with E-state index in [2.05, 4.69) is 16.4 Å². The molecule has 4 rings (SSSR count). The number of oxazole rings is 1. The highest BCUT2D eigenvalue weighted by Crippen LogP contribution is 2.17. The van der Waals surface area contributed by atoms with Crippen molar-refractivity contribution in [3.63, 3.8) is 0 Å². The Morgan fingerprint density at radius 2 is 1.92 bits per heavy atom. The maximum absolute atomic E-state index is 12.1. The van der Waals surface area contributed by atoms with E-state index in [9.17, 15) is 9.59 Å². The van der Waals surface area contributed by atoms with Crippen LogP contribution >= 0.6 is 0 Å². The number of carbonyl (C=O) groups excluding carboxylic acids is 1. The molecular formula is C20H19N3O3. The zero-order valence-corrected chi connectivity index (χ0v) is 14.2. The lowest BCUT2D eigenvalue weighted by Crippen LogP contribution is -2.27. The first-order valence-corrected chi connectivity index (χ1v) is 8.62. The molecule has 2 aromatic carbocycles. The lowest BCUT2D eigenvalue weighted by molar-refractivity contribution is -0.121. The molecule has 132 valence electrons. The SMILES string of the molecule is O=C(CCn1c(=O)oc2ccccc21)NCCc1c[nH]c2ccccc12. The Kier molecular flexibility index (Phi) is 4.31. The summed E-state index contributed by atoms with van der Waals surface area (Å²) in [5, 5.41) is 4.10. The molecular weight excluding hydrogens is 330 g/mol. The number of aromatic nitrogens is 2. The highest BCUT2D eigenvalue weighted by Gasteiger charge is 2.10. The number of aryl methyl sites for hydroxylation is 1. The van der Waals surface area contributed by atoms with Gasteiger partial charge in [0.2, 0.25) is 5.91 Å². The molecule has 0 saturated carbocycles. The molecule has 0 unspecified atom stereocenters. The van der Waals surface area contributed by atoms with Crippen LogP contribution in [0.2, 0.25) is 0 Å². The highest BCUT2D eigenvalue weighted by molar-refractivity contribution is 5.83. The molecule has 1 amide bonds. The number of rotatable bonds is 6. The smallest absolute Gasteiger partial charge is 0.408 e. The quantitative estimate of drug-likeness (QED) is 0.562. The Morgan fingerprint density at radius 1 is 1.12 bits per heavy atom. The second-order valence-electron chi connectivity index (χ2n) is 6.20. The van der Waals surface area contributed by atoms with E-state index in [-0.39, 0.29) is 12.3 Å². The zero-order chi connectivity index (χ0) is 17.9. The predicted octanol–water partition coefficient (Wildman–Crippen LogP) is 2.82. The van der Waals surface area contributed by atoms with Gasteiger partial charge in [0.25, 0.3) is 0 Å². The standard InChI is InChI=1S/C20H19N3O3/c24-19(10-12-23-17-7-3-4-8-18(17)26-20(23)25)21-11-9-14-13-22-16-6-2-1-5-15(14)16/h1-8,13,22H,9-12H2,(H,21,24). The average molecular weight is 349 g/mol. The summed E-state index contributed by atoms with van der Waals surface area (Å²) in [5.74, 6) is -0.514. The van der Waals surface area contributed by atoms with Gasteiger partial charge >= 0.3 is 5.76 Å². The van der Waals surface area contributed by atoms with Crippen molar-refractivity contribution < 1.29 is 9.21 Å². The summed E-state index contributed by atoms with van der Waals surface area (Å²) >= 11 is 0. The van der Waals surface area contributed by atoms with Crippen molar-refractivity contribution in [3.05, 3.63) is 70.8 Å². The Morgan fingerprint density at radius 3 is 2.85 bits per heavy atom. The first-order chi connectivity index (χ1) is 12.7. The molecule has 4 aromatic rings. The third kappa shape index (κ3) is 3.13. The van der Waals surface area contributed by atoms with Crippen molar-refractivity contribution >= 4 is 27.9 Å². The molecule has 0 aliphatic carbocycles. The number of para-hydroxylation sites is 3. The highest BCUT2D eigenvalue weighted by atomic mass is 16.4. The number of benzene rings is 2. The molecule has 0 radical (unpaired) electrons. The maximum Gasteiger partial charge on any atom is 0.419 e. The van der Waals surface area contributed by atoms with E-state index in [1.807, 2.05) is 42.6 Å². The number of aromatic amines is 1. The summed E-state index contributed by atoms with van der Waals surface area (Å²) in [6.07, 6.45) is 2.97. The number of amides is 1. The Hall–Kier alpha value is -3.28. The summed E-state index contributed by atoms with van der Waals surface area (Å²) in [7, 11) is 0. The van der Waals surface area contributed by atoms with Gasteiger partial charge < -0.3 is 14.7 Å². The second kappa shape index (κ2) is 6.92. The fourth-order valence-electron chi connectivity index (χ4n) is 3.20. The summed E-state index contributed by atoms with van der Waals surface area (Å²) in [6.45, 7) is 0.858. The minimum absolute atomic E-state index is 0.0815. The molecule has 0 aliphatic heterocycles. The zero-order valence-electron chi connectivity index (χ0n) is 14.2. The van der Waals surface area contributed by atoms with Crippen molar-refractivity contribution in [1.82, 2.24) is 14.9 Å². The summed E-state index contributed by atoms with van der Waals surface area (Å²) < 4.78 is 6.67. The fraction of sp³-hybridized carbons (Fsp3) is 0.200. The van der Waals surface area contributed by atoms with Crippen LogP contribution < -0.4 is 11.1 Å². The number of nitrogens with one attached hydrogen (secondary N) is 2.